The van der Waals surface area contributed by atoms with E-state index in [1.54, 1.807) is 0 Å². The zero-order chi connectivity index (χ0) is 11.8. The maximum Gasteiger partial charge on any atom is 0.0701 e. The zero-order valence-electron chi connectivity index (χ0n) is 10.2. The monoisotopic (exact) mass is 314 g/mol. The minimum atomic E-state index is 0.726. The molecule has 3 heterocycles. The Hall–Kier alpha value is 0.1000. The Balaban J connectivity index is 1.54. The van der Waals surface area contributed by atoms with E-state index in [2.05, 4.69) is 45.3 Å². The highest BCUT2D eigenvalue weighted by Gasteiger charge is 2.37. The molecule has 4 heteroatoms. The molecule has 2 atom stereocenters. The standard InChI is InChI=1S/C13H19BrN2S/c1-16-10-2-3-11(16)7-9(6-10)15-8-12-4-5-13(14)17-12/h4-5,9-11,15H,2-3,6-8H2,1H3. The quantitative estimate of drug-likeness (QED) is 0.921. The van der Waals surface area contributed by atoms with Crippen molar-refractivity contribution in [2.75, 3.05) is 7.05 Å². The first-order chi connectivity index (χ1) is 8.22. The Labute approximate surface area is 116 Å². The fraction of sp³-hybridized carbons (Fsp3) is 0.692. The Kier molecular flexibility index (Phi) is 3.57. The maximum atomic E-state index is 3.74. The number of halogens is 1. The first-order valence-electron chi connectivity index (χ1n) is 6.42. The summed E-state index contributed by atoms with van der Waals surface area (Å²) in [5.74, 6) is 0. The molecule has 17 heavy (non-hydrogen) atoms. The summed E-state index contributed by atoms with van der Waals surface area (Å²) >= 11 is 5.36. The zero-order valence-corrected chi connectivity index (χ0v) is 12.6. The summed E-state index contributed by atoms with van der Waals surface area (Å²) < 4.78 is 1.23. The van der Waals surface area contributed by atoms with Crippen LogP contribution in [-0.4, -0.2) is 30.1 Å². The SMILES string of the molecule is CN1C2CCC1CC(NCc1ccc(Br)s1)C2. The van der Waals surface area contributed by atoms with Gasteiger partial charge in [-0.25, -0.2) is 0 Å². The van der Waals surface area contributed by atoms with Gasteiger partial charge < -0.3 is 10.2 Å². The Morgan fingerprint density at radius 3 is 2.65 bits per heavy atom. The Morgan fingerprint density at radius 2 is 2.06 bits per heavy atom. The summed E-state index contributed by atoms with van der Waals surface area (Å²) in [7, 11) is 2.30. The number of hydrogen-bond acceptors (Lipinski definition) is 3. The molecule has 0 saturated carbocycles. The van der Waals surface area contributed by atoms with Gasteiger partial charge >= 0.3 is 0 Å². The lowest BCUT2D eigenvalue weighted by Crippen LogP contribution is -2.46. The lowest BCUT2D eigenvalue weighted by Gasteiger charge is -2.36. The number of rotatable bonds is 3. The van der Waals surface area contributed by atoms with Crippen LogP contribution in [0.25, 0.3) is 0 Å². The second-order valence-electron chi connectivity index (χ2n) is 5.31. The molecule has 2 bridgehead atoms. The van der Waals surface area contributed by atoms with Crippen LogP contribution in [0, 0.1) is 0 Å². The Bertz CT molecular complexity index is 379. The van der Waals surface area contributed by atoms with Crippen LogP contribution < -0.4 is 5.32 Å². The molecule has 2 fully saturated rings. The molecule has 3 rings (SSSR count). The van der Waals surface area contributed by atoms with Gasteiger partial charge in [-0.3, -0.25) is 0 Å². The summed E-state index contributed by atoms with van der Waals surface area (Å²) in [6.07, 6.45) is 5.48. The van der Waals surface area contributed by atoms with Gasteiger partial charge in [0, 0.05) is 29.5 Å². The third kappa shape index (κ3) is 2.60. The molecule has 2 aliphatic heterocycles. The van der Waals surface area contributed by atoms with Crippen molar-refractivity contribution in [3.05, 3.63) is 20.8 Å². The van der Waals surface area contributed by atoms with E-state index in [0.717, 1.165) is 24.7 Å². The van der Waals surface area contributed by atoms with Crippen molar-refractivity contribution in [3.63, 3.8) is 0 Å². The summed E-state index contributed by atoms with van der Waals surface area (Å²) in [5.41, 5.74) is 0. The van der Waals surface area contributed by atoms with Gasteiger partial charge in [-0.1, -0.05) is 0 Å². The van der Waals surface area contributed by atoms with Gasteiger partial charge in [0.25, 0.3) is 0 Å². The van der Waals surface area contributed by atoms with E-state index in [1.165, 1.54) is 34.3 Å². The molecule has 2 saturated heterocycles. The highest BCUT2D eigenvalue weighted by molar-refractivity contribution is 9.11. The summed E-state index contributed by atoms with van der Waals surface area (Å²) in [6.45, 7) is 1.03. The summed E-state index contributed by atoms with van der Waals surface area (Å²) in [6, 6.07) is 6.75. The van der Waals surface area contributed by atoms with Gasteiger partial charge in [-0.2, -0.15) is 0 Å². The highest BCUT2D eigenvalue weighted by atomic mass is 79.9. The normalized spacial score (nSPS) is 33.2. The topological polar surface area (TPSA) is 15.3 Å². The third-order valence-electron chi connectivity index (χ3n) is 4.29. The molecule has 0 amide bonds. The van der Waals surface area contributed by atoms with Gasteiger partial charge in [-0.05, 0) is 60.8 Å². The van der Waals surface area contributed by atoms with E-state index in [9.17, 15) is 0 Å². The van der Waals surface area contributed by atoms with Crippen LogP contribution in [-0.2, 0) is 6.54 Å². The van der Waals surface area contributed by atoms with Crippen molar-refractivity contribution >= 4 is 27.3 Å². The smallest absolute Gasteiger partial charge is 0.0701 e. The van der Waals surface area contributed by atoms with E-state index >= 15 is 0 Å². The molecule has 0 aliphatic carbocycles. The van der Waals surface area contributed by atoms with Crippen LogP contribution in [0.15, 0.2) is 15.9 Å². The maximum absolute atomic E-state index is 3.74. The fourth-order valence-electron chi connectivity index (χ4n) is 3.27. The number of thiophene rings is 1. The molecule has 94 valence electrons. The largest absolute Gasteiger partial charge is 0.309 e. The van der Waals surface area contributed by atoms with Crippen LogP contribution in [0.5, 0.6) is 0 Å². The molecule has 2 nitrogen and oxygen atoms in total. The minimum absolute atomic E-state index is 0.726. The van der Waals surface area contributed by atoms with E-state index in [-0.39, 0.29) is 0 Å². The first kappa shape index (κ1) is 12.2. The first-order valence-corrected chi connectivity index (χ1v) is 8.03. The summed E-state index contributed by atoms with van der Waals surface area (Å²) in [5, 5.41) is 3.74. The molecule has 2 unspecified atom stereocenters. The van der Waals surface area contributed by atoms with Gasteiger partial charge in [0.1, 0.15) is 0 Å². The predicted octanol–water partition coefficient (Wildman–Crippen LogP) is 3.23. The molecule has 1 aromatic heterocycles. The minimum Gasteiger partial charge on any atom is -0.309 e. The molecular formula is C13H19BrN2S. The van der Waals surface area contributed by atoms with Crippen LogP contribution in [0.1, 0.15) is 30.6 Å². The number of nitrogens with zero attached hydrogens (tertiary/aromatic N) is 1. The van der Waals surface area contributed by atoms with Crippen LogP contribution >= 0.6 is 27.3 Å². The average molecular weight is 315 g/mol. The van der Waals surface area contributed by atoms with E-state index in [0.29, 0.717) is 0 Å². The summed E-state index contributed by atoms with van der Waals surface area (Å²) in [4.78, 5) is 4.03. The average Bonchev–Trinajstić information content (AvgIpc) is 2.78. The van der Waals surface area contributed by atoms with Gasteiger partial charge in [0.15, 0.2) is 0 Å². The van der Waals surface area contributed by atoms with Crippen molar-refractivity contribution < 1.29 is 0 Å². The van der Waals surface area contributed by atoms with Crippen molar-refractivity contribution in [3.8, 4) is 0 Å². The van der Waals surface area contributed by atoms with E-state index in [4.69, 9.17) is 0 Å². The van der Waals surface area contributed by atoms with Crippen LogP contribution in [0.3, 0.4) is 0 Å². The predicted molar refractivity (Wildman–Crippen MR) is 76.5 cm³/mol. The van der Waals surface area contributed by atoms with Gasteiger partial charge in [0.05, 0.1) is 3.79 Å². The third-order valence-corrected chi connectivity index (χ3v) is 5.92. The molecule has 1 N–H and O–H groups in total. The van der Waals surface area contributed by atoms with E-state index in [1.807, 2.05) is 11.3 Å². The second-order valence-corrected chi connectivity index (χ2v) is 7.85. The fourth-order valence-corrected chi connectivity index (χ4v) is 4.70. The number of piperidine rings is 1. The van der Waals surface area contributed by atoms with Crippen molar-refractivity contribution in [1.29, 1.82) is 0 Å². The van der Waals surface area contributed by atoms with Crippen molar-refractivity contribution in [2.45, 2.75) is 50.4 Å². The number of nitrogens with one attached hydrogen (secondary N) is 1. The lowest BCUT2D eigenvalue weighted by atomic mass is 9.98. The van der Waals surface area contributed by atoms with E-state index < -0.39 is 0 Å². The van der Waals surface area contributed by atoms with Crippen molar-refractivity contribution in [1.82, 2.24) is 10.2 Å². The molecule has 1 aromatic rings. The van der Waals surface area contributed by atoms with Gasteiger partial charge in [0.2, 0.25) is 0 Å². The molecule has 2 aliphatic rings. The second kappa shape index (κ2) is 5.00. The van der Waals surface area contributed by atoms with Crippen molar-refractivity contribution in [2.24, 2.45) is 0 Å². The molecule has 0 spiro atoms. The van der Waals surface area contributed by atoms with Crippen LogP contribution in [0.2, 0.25) is 0 Å². The molecular weight excluding hydrogens is 296 g/mol. The highest BCUT2D eigenvalue weighted by Crippen LogP contribution is 2.34. The molecule has 0 radical (unpaired) electrons. The number of fused-ring (bicyclic) bond motifs is 2. The van der Waals surface area contributed by atoms with Gasteiger partial charge in [-0.15, -0.1) is 11.3 Å². The van der Waals surface area contributed by atoms with Crippen LogP contribution in [0.4, 0.5) is 0 Å². The molecule has 0 aromatic carbocycles. The number of hydrogen-bond donors (Lipinski definition) is 1. The Morgan fingerprint density at radius 1 is 1.35 bits per heavy atom. The lowest BCUT2D eigenvalue weighted by molar-refractivity contribution is 0.148.